The topological polar surface area (TPSA) is 99.2 Å². The van der Waals surface area contributed by atoms with Crippen LogP contribution < -0.4 is 10.5 Å². The molecule has 4 atom stereocenters. The zero-order valence-electron chi connectivity index (χ0n) is 21.8. The van der Waals surface area contributed by atoms with Gasteiger partial charge in [0.1, 0.15) is 23.6 Å². The van der Waals surface area contributed by atoms with Gasteiger partial charge in [0, 0.05) is 25.4 Å². The molecule has 1 saturated carbocycles. The Balaban J connectivity index is 1.12. The molecule has 2 fully saturated rings. The van der Waals surface area contributed by atoms with E-state index >= 15 is 0 Å². The smallest absolute Gasteiger partial charge is 0.226 e. The monoisotopic (exact) mass is 520 g/mol. The lowest BCUT2D eigenvalue weighted by atomic mass is 9.91. The minimum atomic E-state index is 0.0593. The second-order valence-corrected chi connectivity index (χ2v) is 11.1. The van der Waals surface area contributed by atoms with Crippen molar-refractivity contribution in [2.75, 3.05) is 18.8 Å². The number of ether oxygens (including phenoxy) is 1. The van der Waals surface area contributed by atoms with Crippen LogP contribution in [0, 0.1) is 17.8 Å². The zero-order valence-corrected chi connectivity index (χ0v) is 21.8. The maximum atomic E-state index is 13.5. The molecule has 3 aliphatic rings. The molecule has 1 amide bonds. The standard InChI is InChI=1S/C31H32N6O2/c32-29-28-27(17-20-9-12-25(13-10-20)39-24-6-2-1-3-7-24)35-37(30(28)34-19-33-29)23-5-4-14-36(18-23)31(38)26-16-21-8-11-22(26)15-21/h1-3,6-13,19,21-23,26H,4-5,14-18H2,(H2,32,33,34)/t21?,22?,23-,26?/m1/s1. The third kappa shape index (κ3) is 4.54. The van der Waals surface area contributed by atoms with Gasteiger partial charge in [-0.2, -0.15) is 5.10 Å². The van der Waals surface area contributed by atoms with E-state index in [0.29, 0.717) is 36.5 Å². The van der Waals surface area contributed by atoms with E-state index in [1.807, 2.05) is 59.3 Å². The number of carbonyl (C=O) groups is 1. The number of amides is 1. The lowest BCUT2D eigenvalue weighted by Crippen LogP contribution is -2.44. The van der Waals surface area contributed by atoms with Crippen LogP contribution in [0.2, 0.25) is 0 Å². The van der Waals surface area contributed by atoms with E-state index in [4.69, 9.17) is 15.6 Å². The lowest BCUT2D eigenvalue weighted by Gasteiger charge is -2.35. The summed E-state index contributed by atoms with van der Waals surface area (Å²) in [4.78, 5) is 24.4. The maximum absolute atomic E-state index is 13.5. The Morgan fingerprint density at radius 3 is 2.59 bits per heavy atom. The summed E-state index contributed by atoms with van der Waals surface area (Å²) in [5.74, 6) is 3.45. The summed E-state index contributed by atoms with van der Waals surface area (Å²) in [6.45, 7) is 1.47. The normalized spacial score (nSPS) is 23.9. The van der Waals surface area contributed by atoms with Crippen LogP contribution in [0.25, 0.3) is 11.0 Å². The first-order chi connectivity index (χ1) is 19.1. The van der Waals surface area contributed by atoms with Crippen molar-refractivity contribution < 1.29 is 9.53 Å². The van der Waals surface area contributed by atoms with Crippen molar-refractivity contribution in [3.8, 4) is 11.5 Å². The van der Waals surface area contributed by atoms with Gasteiger partial charge in [0.05, 0.1) is 17.1 Å². The van der Waals surface area contributed by atoms with Crippen LogP contribution in [0.1, 0.15) is 43.0 Å². The Bertz CT molecular complexity index is 1530. The SMILES string of the molecule is Nc1ncnc2c1c(Cc1ccc(Oc3ccccc3)cc1)nn2[C@@H]1CCCN(C(=O)C2CC3C=CC2C3)C1. The van der Waals surface area contributed by atoms with Gasteiger partial charge in [-0.3, -0.25) is 4.79 Å². The number of rotatable bonds is 6. The van der Waals surface area contributed by atoms with Crippen molar-refractivity contribution in [2.24, 2.45) is 17.8 Å². The number of hydrogen-bond donors (Lipinski definition) is 1. The number of benzene rings is 2. The van der Waals surface area contributed by atoms with E-state index in [9.17, 15) is 4.79 Å². The molecule has 2 aromatic carbocycles. The fourth-order valence-electron chi connectivity index (χ4n) is 6.59. The Kier molecular flexibility index (Phi) is 6.02. The number of nitrogens with two attached hydrogens (primary N) is 1. The van der Waals surface area contributed by atoms with E-state index in [1.54, 1.807) is 0 Å². The summed E-state index contributed by atoms with van der Waals surface area (Å²) in [6.07, 6.45) is 10.7. The number of para-hydroxylation sites is 1. The molecule has 7 rings (SSSR count). The number of nitrogen functional groups attached to an aromatic ring is 1. The highest BCUT2D eigenvalue weighted by atomic mass is 16.5. The molecule has 2 aromatic heterocycles. The summed E-state index contributed by atoms with van der Waals surface area (Å²) in [6, 6.07) is 17.8. The number of anilines is 1. The molecule has 2 aliphatic carbocycles. The largest absolute Gasteiger partial charge is 0.457 e. The molecule has 8 nitrogen and oxygen atoms in total. The number of piperidine rings is 1. The van der Waals surface area contributed by atoms with Crippen molar-refractivity contribution in [3.05, 3.63) is 84.3 Å². The van der Waals surface area contributed by atoms with Crippen LogP contribution in [-0.2, 0) is 11.2 Å². The van der Waals surface area contributed by atoms with Crippen molar-refractivity contribution in [3.63, 3.8) is 0 Å². The van der Waals surface area contributed by atoms with Crippen molar-refractivity contribution in [1.29, 1.82) is 0 Å². The number of allylic oxidation sites excluding steroid dienone is 2. The fraction of sp³-hybridized carbons (Fsp3) is 0.355. The number of fused-ring (bicyclic) bond motifs is 3. The second kappa shape index (κ2) is 9.84. The predicted octanol–water partition coefficient (Wildman–Crippen LogP) is 5.17. The molecule has 8 heteroatoms. The fourth-order valence-corrected chi connectivity index (χ4v) is 6.59. The molecular formula is C31H32N6O2. The molecule has 1 aliphatic heterocycles. The van der Waals surface area contributed by atoms with Gasteiger partial charge in [0.2, 0.25) is 5.91 Å². The molecule has 4 aromatic rings. The van der Waals surface area contributed by atoms with Gasteiger partial charge in [-0.05, 0) is 67.3 Å². The average molecular weight is 521 g/mol. The first-order valence-electron chi connectivity index (χ1n) is 13.9. The Labute approximate surface area is 227 Å². The lowest BCUT2D eigenvalue weighted by molar-refractivity contribution is -0.138. The molecule has 2 N–H and O–H groups in total. The van der Waals surface area contributed by atoms with Crippen molar-refractivity contribution >= 4 is 22.8 Å². The van der Waals surface area contributed by atoms with Crippen LogP contribution >= 0.6 is 0 Å². The summed E-state index contributed by atoms with van der Waals surface area (Å²) in [7, 11) is 0. The quantitative estimate of drug-likeness (QED) is 0.352. The maximum Gasteiger partial charge on any atom is 0.226 e. The van der Waals surface area contributed by atoms with Gasteiger partial charge in [0.25, 0.3) is 0 Å². The van der Waals surface area contributed by atoms with E-state index in [0.717, 1.165) is 66.0 Å². The molecule has 39 heavy (non-hydrogen) atoms. The van der Waals surface area contributed by atoms with Crippen LogP contribution in [0.3, 0.4) is 0 Å². The number of carbonyl (C=O) groups excluding carboxylic acids is 1. The molecular weight excluding hydrogens is 488 g/mol. The van der Waals surface area contributed by atoms with Gasteiger partial charge in [-0.25, -0.2) is 14.6 Å². The summed E-state index contributed by atoms with van der Waals surface area (Å²) < 4.78 is 7.94. The Morgan fingerprint density at radius 1 is 1.00 bits per heavy atom. The first-order valence-corrected chi connectivity index (χ1v) is 13.9. The molecule has 198 valence electrons. The first kappa shape index (κ1) is 23.9. The number of nitrogens with zero attached hydrogens (tertiary/aromatic N) is 5. The molecule has 1 saturated heterocycles. The minimum Gasteiger partial charge on any atom is -0.457 e. The van der Waals surface area contributed by atoms with Crippen LogP contribution in [-0.4, -0.2) is 43.6 Å². The Morgan fingerprint density at radius 2 is 1.82 bits per heavy atom. The number of aromatic nitrogens is 4. The van der Waals surface area contributed by atoms with E-state index < -0.39 is 0 Å². The van der Waals surface area contributed by atoms with Gasteiger partial charge >= 0.3 is 0 Å². The van der Waals surface area contributed by atoms with Gasteiger partial charge in [-0.15, -0.1) is 0 Å². The molecule has 3 unspecified atom stereocenters. The highest BCUT2D eigenvalue weighted by Crippen LogP contribution is 2.44. The predicted molar refractivity (Wildman–Crippen MR) is 149 cm³/mol. The average Bonchev–Trinajstić information content (AvgIpc) is 3.70. The summed E-state index contributed by atoms with van der Waals surface area (Å²) in [5, 5.41) is 5.84. The highest BCUT2D eigenvalue weighted by Gasteiger charge is 2.42. The Hall–Kier alpha value is -4.20. The molecule has 2 bridgehead atoms. The molecule has 0 radical (unpaired) electrons. The number of likely N-dealkylation sites (tertiary alicyclic amines) is 1. The number of hydrogen-bond acceptors (Lipinski definition) is 6. The van der Waals surface area contributed by atoms with E-state index in [2.05, 4.69) is 27.0 Å². The van der Waals surface area contributed by atoms with Crippen LogP contribution in [0.15, 0.2) is 73.1 Å². The summed E-state index contributed by atoms with van der Waals surface area (Å²) in [5.41, 5.74) is 9.04. The van der Waals surface area contributed by atoms with Crippen molar-refractivity contribution in [2.45, 2.75) is 38.1 Å². The second-order valence-electron chi connectivity index (χ2n) is 11.1. The van der Waals surface area contributed by atoms with Gasteiger partial charge < -0.3 is 15.4 Å². The van der Waals surface area contributed by atoms with Crippen LogP contribution in [0.5, 0.6) is 11.5 Å². The minimum absolute atomic E-state index is 0.0593. The third-order valence-corrected chi connectivity index (χ3v) is 8.51. The molecule has 0 spiro atoms. The molecule has 3 heterocycles. The summed E-state index contributed by atoms with van der Waals surface area (Å²) >= 11 is 0. The van der Waals surface area contributed by atoms with Crippen molar-refractivity contribution in [1.82, 2.24) is 24.6 Å². The zero-order chi connectivity index (χ0) is 26.3. The van der Waals surface area contributed by atoms with E-state index in [1.165, 1.54) is 6.33 Å². The highest BCUT2D eigenvalue weighted by molar-refractivity contribution is 5.88. The third-order valence-electron chi connectivity index (χ3n) is 8.51. The van der Waals surface area contributed by atoms with Crippen LogP contribution in [0.4, 0.5) is 5.82 Å². The van der Waals surface area contributed by atoms with Gasteiger partial charge in [-0.1, -0.05) is 42.5 Å². The van der Waals surface area contributed by atoms with E-state index in [-0.39, 0.29) is 12.0 Å². The van der Waals surface area contributed by atoms with Gasteiger partial charge in [0.15, 0.2) is 5.65 Å².